The van der Waals surface area contributed by atoms with Gasteiger partial charge >= 0.3 is 0 Å². The summed E-state index contributed by atoms with van der Waals surface area (Å²) >= 11 is 0. The molecule has 2 rings (SSSR count). The number of nitro benzene ring substituents is 1. The number of nitro groups is 1. The number of carboxylic acid groups (broad SMARTS) is 1. The predicted molar refractivity (Wildman–Crippen MR) is 65.4 cm³/mol. The number of hydrogen-bond donors (Lipinski definition) is 3. The van der Waals surface area contributed by atoms with Crippen LogP contribution in [0.3, 0.4) is 0 Å². The van der Waals surface area contributed by atoms with Gasteiger partial charge in [0.1, 0.15) is 30.2 Å². The zero-order chi connectivity index (χ0) is 16.4. The van der Waals surface area contributed by atoms with E-state index in [0.717, 1.165) is 12.1 Å². The van der Waals surface area contributed by atoms with E-state index in [-0.39, 0.29) is 11.4 Å². The van der Waals surface area contributed by atoms with E-state index in [1.807, 2.05) is 0 Å². The van der Waals surface area contributed by atoms with Crippen molar-refractivity contribution in [1.82, 2.24) is 0 Å². The zero-order valence-corrected chi connectivity index (χ0v) is 10.9. The Balaban J connectivity index is 2.13. The summed E-state index contributed by atoms with van der Waals surface area (Å²) in [7, 11) is 0. The Kier molecular flexibility index (Phi) is 4.56. The van der Waals surface area contributed by atoms with Gasteiger partial charge in [-0.15, -0.1) is 0 Å². The zero-order valence-electron chi connectivity index (χ0n) is 10.9. The van der Waals surface area contributed by atoms with Crippen molar-refractivity contribution in [1.29, 1.82) is 0 Å². The summed E-state index contributed by atoms with van der Waals surface area (Å²) in [5.41, 5.74) is -0.194. The van der Waals surface area contributed by atoms with Crippen molar-refractivity contribution in [3.05, 3.63) is 34.4 Å². The molecular weight excluding hydrogens is 302 g/mol. The van der Waals surface area contributed by atoms with Gasteiger partial charge in [0.05, 0.1) is 10.9 Å². The second-order valence-corrected chi connectivity index (χ2v) is 4.58. The van der Waals surface area contributed by atoms with Crippen molar-refractivity contribution in [2.45, 2.75) is 30.7 Å². The lowest BCUT2D eigenvalue weighted by molar-refractivity contribution is -0.384. The third-order valence-corrected chi connectivity index (χ3v) is 3.10. The lowest BCUT2D eigenvalue weighted by Gasteiger charge is -2.40. The number of carbonyl (C=O) groups excluding carboxylic acids is 1. The molecule has 3 N–H and O–H groups in total. The summed E-state index contributed by atoms with van der Waals surface area (Å²) in [6.45, 7) is 0. The molecule has 0 amide bonds. The minimum atomic E-state index is -1.89. The fraction of sp³-hybridized carbons (Fsp3) is 0.417. The summed E-state index contributed by atoms with van der Waals surface area (Å²) in [6, 6.07) is 4.68. The van der Waals surface area contributed by atoms with Crippen LogP contribution in [-0.2, 0) is 9.53 Å². The third-order valence-electron chi connectivity index (χ3n) is 3.10. The molecule has 1 aromatic carbocycles. The van der Waals surface area contributed by atoms with Gasteiger partial charge in [-0.25, -0.2) is 0 Å². The van der Waals surface area contributed by atoms with Gasteiger partial charge in [0.25, 0.3) is 5.69 Å². The van der Waals surface area contributed by atoms with E-state index in [2.05, 4.69) is 0 Å². The highest BCUT2D eigenvalue weighted by molar-refractivity contribution is 5.71. The van der Waals surface area contributed by atoms with Crippen molar-refractivity contribution in [2.75, 3.05) is 0 Å². The number of rotatable bonds is 4. The van der Waals surface area contributed by atoms with Crippen LogP contribution in [0.5, 0.6) is 5.75 Å². The first-order chi connectivity index (χ1) is 10.3. The molecular formula is C12H12NO9-. The number of hydrogen-bond acceptors (Lipinski definition) is 9. The molecule has 5 atom stereocenters. The second-order valence-electron chi connectivity index (χ2n) is 4.58. The van der Waals surface area contributed by atoms with Crippen molar-refractivity contribution >= 4 is 11.7 Å². The van der Waals surface area contributed by atoms with Crippen LogP contribution in [0.15, 0.2) is 24.3 Å². The molecule has 120 valence electrons. The summed E-state index contributed by atoms with van der Waals surface area (Å²) in [4.78, 5) is 20.7. The van der Waals surface area contributed by atoms with E-state index in [4.69, 9.17) is 9.47 Å². The average molecular weight is 314 g/mol. The van der Waals surface area contributed by atoms with Crippen LogP contribution in [0.4, 0.5) is 5.69 Å². The van der Waals surface area contributed by atoms with Crippen molar-refractivity contribution < 1.29 is 39.6 Å². The highest BCUT2D eigenvalue weighted by atomic mass is 16.7. The lowest BCUT2D eigenvalue weighted by atomic mass is 9.99. The van der Waals surface area contributed by atoms with Gasteiger partial charge in [-0.3, -0.25) is 10.1 Å². The summed E-state index contributed by atoms with van der Waals surface area (Å²) in [5, 5.41) is 50.1. The smallest absolute Gasteiger partial charge is 0.269 e. The summed E-state index contributed by atoms with van der Waals surface area (Å²) in [5.74, 6) is -1.74. The maximum Gasteiger partial charge on any atom is 0.269 e. The van der Waals surface area contributed by atoms with E-state index in [1.54, 1.807) is 0 Å². The van der Waals surface area contributed by atoms with E-state index >= 15 is 0 Å². The third kappa shape index (κ3) is 3.14. The van der Waals surface area contributed by atoms with Crippen LogP contribution in [0, 0.1) is 10.1 Å². The fourth-order valence-electron chi connectivity index (χ4n) is 1.92. The molecule has 0 spiro atoms. The van der Waals surface area contributed by atoms with Gasteiger partial charge in [-0.1, -0.05) is 0 Å². The number of carbonyl (C=O) groups is 1. The highest BCUT2D eigenvalue weighted by Gasteiger charge is 2.45. The number of aliphatic carboxylic acids is 1. The number of aliphatic hydroxyl groups excluding tert-OH is 3. The second kappa shape index (κ2) is 6.23. The van der Waals surface area contributed by atoms with Gasteiger partial charge in [0.2, 0.25) is 6.29 Å². The molecule has 1 aliphatic rings. The maximum absolute atomic E-state index is 10.8. The number of carboxylic acids is 1. The van der Waals surface area contributed by atoms with Gasteiger partial charge in [0.15, 0.2) is 0 Å². The summed E-state index contributed by atoms with van der Waals surface area (Å²) in [6.07, 6.45) is -8.90. The predicted octanol–water partition coefficient (Wildman–Crippen LogP) is -2.47. The molecule has 1 aromatic rings. The molecule has 1 heterocycles. The average Bonchev–Trinajstić information content (AvgIpc) is 2.48. The largest absolute Gasteiger partial charge is 0.547 e. The number of nitrogens with zero attached hydrogens (tertiary/aromatic N) is 1. The molecule has 10 heteroatoms. The van der Waals surface area contributed by atoms with Gasteiger partial charge < -0.3 is 34.7 Å². The Labute approximate surface area is 123 Å². The maximum atomic E-state index is 10.8. The fourth-order valence-corrected chi connectivity index (χ4v) is 1.92. The van der Waals surface area contributed by atoms with Crippen LogP contribution >= 0.6 is 0 Å². The monoisotopic (exact) mass is 314 g/mol. The quantitative estimate of drug-likeness (QED) is 0.403. The van der Waals surface area contributed by atoms with Gasteiger partial charge in [0, 0.05) is 12.1 Å². The standard InChI is InChI=1S/C12H13NO9/c14-7-8(15)10(11(17)18)22-12(9(7)16)21-6-3-1-5(2-4-6)13(19)20/h1-4,7-10,12,14-16H,(H,17,18)/p-1/t7-,8-,9+,10-,12-/m0/s1. The molecule has 0 radical (unpaired) electrons. The molecule has 0 unspecified atom stereocenters. The molecule has 10 nitrogen and oxygen atoms in total. The van der Waals surface area contributed by atoms with Crippen LogP contribution in [-0.4, -0.2) is 56.9 Å². The molecule has 1 fully saturated rings. The highest BCUT2D eigenvalue weighted by Crippen LogP contribution is 2.25. The van der Waals surface area contributed by atoms with E-state index in [1.165, 1.54) is 12.1 Å². The van der Waals surface area contributed by atoms with E-state index in [0.29, 0.717) is 0 Å². The molecule has 1 aliphatic heterocycles. The first kappa shape index (κ1) is 16.1. The van der Waals surface area contributed by atoms with Crippen molar-refractivity contribution in [3.63, 3.8) is 0 Å². The van der Waals surface area contributed by atoms with Crippen LogP contribution < -0.4 is 9.84 Å². The first-order valence-electron chi connectivity index (χ1n) is 6.13. The number of aliphatic hydroxyl groups is 3. The lowest BCUT2D eigenvalue weighted by Crippen LogP contribution is -2.63. The Morgan fingerprint density at radius 2 is 1.73 bits per heavy atom. The van der Waals surface area contributed by atoms with E-state index < -0.39 is 41.6 Å². The normalized spacial score (nSPS) is 31.5. The number of benzene rings is 1. The van der Waals surface area contributed by atoms with Crippen LogP contribution in [0.25, 0.3) is 0 Å². The minimum absolute atomic E-state index is 0.0373. The number of non-ortho nitro benzene ring substituents is 1. The van der Waals surface area contributed by atoms with Gasteiger partial charge in [-0.05, 0) is 12.1 Å². The van der Waals surface area contributed by atoms with E-state index in [9.17, 15) is 35.3 Å². The molecule has 0 aromatic heterocycles. The topological polar surface area (TPSA) is 162 Å². The SMILES string of the molecule is O=C([O-])[C@H]1O[C@H](Oc2ccc([N+](=O)[O-])cc2)[C@H](O)[C@@H](O)[C@@H]1O. The molecule has 0 bridgehead atoms. The Bertz CT molecular complexity index is 560. The van der Waals surface area contributed by atoms with Gasteiger partial charge in [-0.2, -0.15) is 0 Å². The molecule has 22 heavy (non-hydrogen) atoms. The molecule has 1 saturated heterocycles. The van der Waals surface area contributed by atoms with Crippen LogP contribution in [0.1, 0.15) is 0 Å². The minimum Gasteiger partial charge on any atom is -0.547 e. The molecule has 0 saturated carbocycles. The Hall–Kier alpha value is -2.27. The number of ether oxygens (including phenoxy) is 2. The Morgan fingerprint density at radius 3 is 2.23 bits per heavy atom. The van der Waals surface area contributed by atoms with Crippen molar-refractivity contribution in [2.24, 2.45) is 0 Å². The Morgan fingerprint density at radius 1 is 1.14 bits per heavy atom. The molecule has 0 aliphatic carbocycles. The first-order valence-corrected chi connectivity index (χ1v) is 6.13. The van der Waals surface area contributed by atoms with Crippen molar-refractivity contribution in [3.8, 4) is 5.75 Å². The summed E-state index contributed by atoms with van der Waals surface area (Å²) < 4.78 is 9.99. The van der Waals surface area contributed by atoms with Crippen LogP contribution in [0.2, 0.25) is 0 Å².